The largest absolute Gasteiger partial charge is 0.493 e. The number of nitrogens with one attached hydrogen (secondary N) is 1. The van der Waals surface area contributed by atoms with Gasteiger partial charge in [-0.15, -0.1) is 11.3 Å². The number of hydrogen-bond donors (Lipinski definition) is 2. The van der Waals surface area contributed by atoms with E-state index in [0.717, 1.165) is 28.2 Å². The molecule has 3 rings (SSSR count). The summed E-state index contributed by atoms with van der Waals surface area (Å²) in [5.74, 6) is 0.935. The summed E-state index contributed by atoms with van der Waals surface area (Å²) in [4.78, 5) is 20.7. The molecule has 2 N–H and O–H groups in total. The molecule has 0 spiro atoms. The summed E-state index contributed by atoms with van der Waals surface area (Å²) in [5.41, 5.74) is 1.52. The van der Waals surface area contributed by atoms with E-state index in [1.807, 2.05) is 24.3 Å². The third-order valence-corrected chi connectivity index (χ3v) is 4.81. The lowest BCUT2D eigenvalue weighted by Crippen LogP contribution is -2.04. The zero-order chi connectivity index (χ0) is 18.0. The van der Waals surface area contributed by atoms with E-state index in [0.29, 0.717) is 28.7 Å². The molecule has 0 amide bonds. The van der Waals surface area contributed by atoms with Crippen molar-refractivity contribution >= 4 is 39.0 Å². The monoisotopic (exact) mass is 357 g/mol. The van der Waals surface area contributed by atoms with E-state index in [1.165, 1.54) is 6.33 Å². The van der Waals surface area contributed by atoms with Gasteiger partial charge in [-0.05, 0) is 42.7 Å². The van der Waals surface area contributed by atoms with Crippen molar-refractivity contribution in [3.05, 3.63) is 41.0 Å². The van der Waals surface area contributed by atoms with Crippen molar-refractivity contribution in [2.24, 2.45) is 5.92 Å². The Kier molecular flexibility index (Phi) is 4.85. The lowest BCUT2D eigenvalue weighted by Gasteiger charge is -2.10. The fourth-order valence-electron chi connectivity index (χ4n) is 2.40. The summed E-state index contributed by atoms with van der Waals surface area (Å²) in [5, 5.41) is 13.3. The molecule has 0 aliphatic rings. The van der Waals surface area contributed by atoms with Crippen molar-refractivity contribution in [2.45, 2.75) is 20.8 Å². The minimum Gasteiger partial charge on any atom is -0.493 e. The highest BCUT2D eigenvalue weighted by Crippen LogP contribution is 2.34. The number of rotatable bonds is 6. The highest BCUT2D eigenvalue weighted by atomic mass is 32.1. The SMILES string of the molecule is Cc1c(C(=O)O)sc2ncnc(Nc3ccc(OCC(C)C)cc3)c12. The van der Waals surface area contributed by atoms with E-state index in [-0.39, 0.29) is 4.88 Å². The molecule has 130 valence electrons. The number of fused-ring (bicyclic) bond motifs is 1. The number of aryl methyl sites for hydroxylation is 1. The number of carboxylic acids is 1. The lowest BCUT2D eigenvalue weighted by molar-refractivity contribution is 0.0701. The van der Waals surface area contributed by atoms with E-state index in [2.05, 4.69) is 29.1 Å². The number of carboxylic acid groups (broad SMARTS) is 1. The van der Waals surface area contributed by atoms with Crippen molar-refractivity contribution in [1.29, 1.82) is 0 Å². The van der Waals surface area contributed by atoms with Crippen LogP contribution in [-0.2, 0) is 0 Å². The Bertz CT molecular complexity index is 904. The first kappa shape index (κ1) is 17.2. The van der Waals surface area contributed by atoms with Crippen LogP contribution in [-0.4, -0.2) is 27.7 Å². The number of hydrogen-bond acceptors (Lipinski definition) is 6. The van der Waals surface area contributed by atoms with Crippen LogP contribution in [0.4, 0.5) is 11.5 Å². The first-order valence-electron chi connectivity index (χ1n) is 7.93. The van der Waals surface area contributed by atoms with Gasteiger partial charge in [0.1, 0.15) is 27.6 Å². The second-order valence-electron chi connectivity index (χ2n) is 6.12. The maximum atomic E-state index is 11.3. The molecule has 0 atom stereocenters. The first-order valence-corrected chi connectivity index (χ1v) is 8.74. The van der Waals surface area contributed by atoms with Crippen molar-refractivity contribution < 1.29 is 14.6 Å². The summed E-state index contributed by atoms with van der Waals surface area (Å²) in [6.07, 6.45) is 1.44. The van der Waals surface area contributed by atoms with Gasteiger partial charge < -0.3 is 15.2 Å². The first-order chi connectivity index (χ1) is 12.0. The Labute approximate surface area is 149 Å². The number of benzene rings is 1. The minimum atomic E-state index is -0.946. The normalized spacial score (nSPS) is 11.0. The van der Waals surface area contributed by atoms with Crippen molar-refractivity contribution in [3.63, 3.8) is 0 Å². The van der Waals surface area contributed by atoms with E-state index < -0.39 is 5.97 Å². The Morgan fingerprint density at radius 2 is 2.00 bits per heavy atom. The van der Waals surface area contributed by atoms with Gasteiger partial charge in [0.25, 0.3) is 0 Å². The average molecular weight is 357 g/mol. The summed E-state index contributed by atoms with van der Waals surface area (Å²) in [6, 6.07) is 7.60. The molecular formula is C18H19N3O3S. The van der Waals surface area contributed by atoms with E-state index >= 15 is 0 Å². The highest BCUT2D eigenvalue weighted by Gasteiger charge is 2.18. The molecule has 0 saturated heterocycles. The molecule has 2 heterocycles. The van der Waals surface area contributed by atoms with Gasteiger partial charge in [0.2, 0.25) is 0 Å². The number of anilines is 2. The number of aromatic nitrogens is 2. The topological polar surface area (TPSA) is 84.3 Å². The summed E-state index contributed by atoms with van der Waals surface area (Å²) < 4.78 is 5.67. The molecule has 25 heavy (non-hydrogen) atoms. The molecule has 0 bridgehead atoms. The molecule has 0 unspecified atom stereocenters. The van der Waals surface area contributed by atoms with Crippen molar-refractivity contribution in [1.82, 2.24) is 9.97 Å². The van der Waals surface area contributed by atoms with Crippen LogP contribution in [0, 0.1) is 12.8 Å². The Morgan fingerprint density at radius 1 is 1.28 bits per heavy atom. The van der Waals surface area contributed by atoms with E-state index in [9.17, 15) is 9.90 Å². The molecule has 0 fully saturated rings. The van der Waals surface area contributed by atoms with Crippen molar-refractivity contribution in [3.8, 4) is 5.75 Å². The molecule has 2 aromatic heterocycles. The molecule has 0 aliphatic heterocycles. The number of thiophene rings is 1. The molecule has 1 aromatic carbocycles. The molecule has 7 heteroatoms. The number of ether oxygens (including phenoxy) is 1. The Morgan fingerprint density at radius 3 is 2.64 bits per heavy atom. The van der Waals surface area contributed by atoms with Crippen LogP contribution in [0.25, 0.3) is 10.2 Å². The zero-order valence-electron chi connectivity index (χ0n) is 14.2. The van der Waals surface area contributed by atoms with Gasteiger partial charge in [0.15, 0.2) is 0 Å². The van der Waals surface area contributed by atoms with Crippen LogP contribution < -0.4 is 10.1 Å². The van der Waals surface area contributed by atoms with Crippen LogP contribution >= 0.6 is 11.3 Å². The van der Waals surface area contributed by atoms with Gasteiger partial charge in [-0.25, -0.2) is 14.8 Å². The predicted molar refractivity (Wildman–Crippen MR) is 99.2 cm³/mol. The van der Waals surface area contributed by atoms with E-state index in [1.54, 1.807) is 6.92 Å². The summed E-state index contributed by atoms with van der Waals surface area (Å²) >= 11 is 1.16. The third-order valence-electron chi connectivity index (χ3n) is 3.62. The van der Waals surface area contributed by atoms with Gasteiger partial charge in [-0.2, -0.15) is 0 Å². The quantitative estimate of drug-likeness (QED) is 0.677. The second kappa shape index (κ2) is 7.06. The number of carbonyl (C=O) groups is 1. The fraction of sp³-hybridized carbons (Fsp3) is 0.278. The van der Waals surface area contributed by atoms with Gasteiger partial charge in [0.05, 0.1) is 12.0 Å². The maximum Gasteiger partial charge on any atom is 0.346 e. The summed E-state index contributed by atoms with van der Waals surface area (Å²) in [6.45, 7) is 6.65. The van der Waals surface area contributed by atoms with Crippen LogP contribution in [0.2, 0.25) is 0 Å². The van der Waals surface area contributed by atoms with Gasteiger partial charge in [-0.1, -0.05) is 13.8 Å². The second-order valence-corrected chi connectivity index (χ2v) is 7.12. The highest BCUT2D eigenvalue weighted by molar-refractivity contribution is 7.20. The maximum absolute atomic E-state index is 11.3. The van der Waals surface area contributed by atoms with Crippen LogP contribution in [0.3, 0.4) is 0 Å². The van der Waals surface area contributed by atoms with Gasteiger partial charge in [0, 0.05) is 5.69 Å². The average Bonchev–Trinajstić information content (AvgIpc) is 2.92. The fourth-order valence-corrected chi connectivity index (χ4v) is 3.39. The molecule has 0 saturated carbocycles. The van der Waals surface area contributed by atoms with Crippen LogP contribution in [0.15, 0.2) is 30.6 Å². The molecular weight excluding hydrogens is 338 g/mol. The van der Waals surface area contributed by atoms with Gasteiger partial charge in [-0.3, -0.25) is 0 Å². The minimum absolute atomic E-state index is 0.288. The number of nitrogens with zero attached hydrogens (tertiary/aromatic N) is 2. The summed E-state index contributed by atoms with van der Waals surface area (Å²) in [7, 11) is 0. The molecule has 0 aliphatic carbocycles. The van der Waals surface area contributed by atoms with Crippen LogP contribution in [0.5, 0.6) is 5.75 Å². The predicted octanol–water partition coefficient (Wildman–Crippen LogP) is 4.48. The smallest absolute Gasteiger partial charge is 0.346 e. The molecule has 3 aromatic rings. The zero-order valence-corrected chi connectivity index (χ0v) is 15.1. The van der Waals surface area contributed by atoms with Crippen LogP contribution in [0.1, 0.15) is 29.1 Å². The van der Waals surface area contributed by atoms with Gasteiger partial charge >= 0.3 is 5.97 Å². The third kappa shape index (κ3) is 3.71. The van der Waals surface area contributed by atoms with Crippen molar-refractivity contribution in [2.75, 3.05) is 11.9 Å². The standard InChI is InChI=1S/C18H19N3O3S/c1-10(2)8-24-13-6-4-12(5-7-13)21-16-14-11(3)15(18(22)23)25-17(14)20-9-19-16/h4-7,9-10H,8H2,1-3H3,(H,22,23)(H,19,20,21). The Hall–Kier alpha value is -2.67. The molecule has 0 radical (unpaired) electrons. The Balaban J connectivity index is 1.86. The molecule has 6 nitrogen and oxygen atoms in total. The number of aromatic carboxylic acids is 1. The lowest BCUT2D eigenvalue weighted by atomic mass is 10.2. The van der Waals surface area contributed by atoms with E-state index in [4.69, 9.17) is 4.74 Å².